The fourth-order valence-electron chi connectivity index (χ4n) is 3.03. The Morgan fingerprint density at radius 2 is 1.97 bits per heavy atom. The molecule has 164 valence electrons. The van der Waals surface area contributed by atoms with Gasteiger partial charge in [0.25, 0.3) is 5.91 Å². The van der Waals surface area contributed by atoms with Crippen molar-refractivity contribution >= 4 is 68.4 Å². The fourth-order valence-corrected chi connectivity index (χ4v) is 4.35. The van der Waals surface area contributed by atoms with Gasteiger partial charge >= 0.3 is 0 Å². The lowest BCUT2D eigenvalue weighted by molar-refractivity contribution is -0.122. The summed E-state index contributed by atoms with van der Waals surface area (Å²) in [5.74, 6) is 0.953. The SMILES string of the molecule is CCCN1C(=O)/C(=C/c2cc(Br)c(OCc3ccc(Cl)cc3Cl)c(OCC)c2)NC1=S. The Balaban J connectivity index is 1.86. The summed E-state index contributed by atoms with van der Waals surface area (Å²) in [5, 5.41) is 4.50. The van der Waals surface area contributed by atoms with Gasteiger partial charge in [-0.25, -0.2) is 0 Å². The van der Waals surface area contributed by atoms with Crippen molar-refractivity contribution in [3.8, 4) is 11.5 Å². The molecule has 0 radical (unpaired) electrons. The first-order valence-corrected chi connectivity index (χ1v) is 11.7. The maximum Gasteiger partial charge on any atom is 0.276 e. The summed E-state index contributed by atoms with van der Waals surface area (Å²) in [7, 11) is 0. The molecule has 31 heavy (non-hydrogen) atoms. The summed E-state index contributed by atoms with van der Waals surface area (Å²) in [5.41, 5.74) is 2.00. The Hall–Kier alpha value is -1.80. The number of benzene rings is 2. The monoisotopic (exact) mass is 542 g/mol. The number of thiocarbonyl (C=S) groups is 1. The van der Waals surface area contributed by atoms with E-state index in [1.54, 1.807) is 23.1 Å². The van der Waals surface area contributed by atoms with Crippen LogP contribution in [0.15, 0.2) is 40.5 Å². The van der Waals surface area contributed by atoms with E-state index in [1.165, 1.54) is 0 Å². The smallest absolute Gasteiger partial charge is 0.276 e. The number of ether oxygens (including phenoxy) is 2. The van der Waals surface area contributed by atoms with Crippen LogP contribution in [0.4, 0.5) is 0 Å². The molecule has 0 bridgehead atoms. The van der Waals surface area contributed by atoms with E-state index >= 15 is 0 Å². The van der Waals surface area contributed by atoms with Crippen LogP contribution >= 0.6 is 51.3 Å². The first kappa shape index (κ1) is 23.9. The fraction of sp³-hybridized carbons (Fsp3) is 0.273. The predicted octanol–water partition coefficient (Wildman–Crippen LogP) is 6.20. The van der Waals surface area contributed by atoms with Gasteiger partial charge in [0.2, 0.25) is 0 Å². The van der Waals surface area contributed by atoms with Gasteiger partial charge < -0.3 is 14.8 Å². The van der Waals surface area contributed by atoms with Crippen LogP contribution in [0, 0.1) is 0 Å². The first-order valence-electron chi connectivity index (χ1n) is 9.71. The molecular weight excluding hydrogens is 523 g/mol. The maximum atomic E-state index is 12.6. The summed E-state index contributed by atoms with van der Waals surface area (Å²) < 4.78 is 12.5. The minimum atomic E-state index is -0.140. The summed E-state index contributed by atoms with van der Waals surface area (Å²) >= 11 is 21.0. The molecule has 2 aromatic carbocycles. The van der Waals surface area contributed by atoms with Crippen LogP contribution in [-0.4, -0.2) is 29.1 Å². The number of carbonyl (C=O) groups excluding carboxylic acids is 1. The van der Waals surface area contributed by atoms with Crippen LogP contribution in [0.25, 0.3) is 6.08 Å². The summed E-state index contributed by atoms with van der Waals surface area (Å²) in [6.07, 6.45) is 2.57. The zero-order valence-electron chi connectivity index (χ0n) is 17.0. The number of hydrogen-bond acceptors (Lipinski definition) is 4. The van der Waals surface area contributed by atoms with E-state index in [-0.39, 0.29) is 12.5 Å². The van der Waals surface area contributed by atoms with Crippen molar-refractivity contribution in [2.24, 2.45) is 0 Å². The second kappa shape index (κ2) is 10.7. The molecule has 0 spiro atoms. The first-order chi connectivity index (χ1) is 14.8. The van der Waals surface area contributed by atoms with Crippen LogP contribution in [0.3, 0.4) is 0 Å². The Labute approximate surface area is 205 Å². The number of carbonyl (C=O) groups is 1. The van der Waals surface area contributed by atoms with Crippen LogP contribution in [0.5, 0.6) is 11.5 Å². The molecule has 1 amide bonds. The topological polar surface area (TPSA) is 50.8 Å². The highest BCUT2D eigenvalue weighted by Crippen LogP contribution is 2.38. The van der Waals surface area contributed by atoms with E-state index in [4.69, 9.17) is 44.9 Å². The molecule has 0 unspecified atom stereocenters. The standard InChI is InChI=1S/C22H21BrCl2N2O3S/c1-3-7-27-21(28)18(26-22(27)31)9-13-8-16(23)20(19(10-13)29-4-2)30-12-14-5-6-15(24)11-17(14)25/h5-6,8-11H,3-4,7,12H2,1-2H3,(H,26,31)/b18-9-. The van der Waals surface area contributed by atoms with Crippen molar-refractivity contribution < 1.29 is 14.3 Å². The Bertz CT molecular complexity index is 1050. The molecular formula is C22H21BrCl2N2O3S. The third-order valence-electron chi connectivity index (χ3n) is 4.44. The summed E-state index contributed by atoms with van der Waals surface area (Å²) in [6, 6.07) is 8.93. The average Bonchev–Trinajstić information content (AvgIpc) is 2.96. The number of rotatable bonds is 8. The minimum Gasteiger partial charge on any atom is -0.490 e. The molecule has 0 aliphatic carbocycles. The van der Waals surface area contributed by atoms with Gasteiger partial charge in [-0.2, -0.15) is 0 Å². The minimum absolute atomic E-state index is 0.140. The number of amides is 1. The largest absolute Gasteiger partial charge is 0.490 e. The zero-order chi connectivity index (χ0) is 22.5. The number of halogens is 3. The lowest BCUT2D eigenvalue weighted by atomic mass is 10.1. The molecule has 1 N–H and O–H groups in total. The van der Waals surface area contributed by atoms with Crippen LogP contribution in [-0.2, 0) is 11.4 Å². The van der Waals surface area contributed by atoms with Gasteiger partial charge in [-0.05, 0) is 77.4 Å². The van der Waals surface area contributed by atoms with Crippen molar-refractivity contribution in [2.75, 3.05) is 13.2 Å². The van der Waals surface area contributed by atoms with Crippen LogP contribution < -0.4 is 14.8 Å². The molecule has 1 saturated heterocycles. The lowest BCUT2D eigenvalue weighted by Crippen LogP contribution is -2.31. The second-order valence-corrected chi connectivity index (χ2v) is 8.82. The van der Waals surface area contributed by atoms with E-state index < -0.39 is 0 Å². The molecule has 1 fully saturated rings. The van der Waals surface area contributed by atoms with Gasteiger partial charge in [-0.1, -0.05) is 36.2 Å². The molecule has 1 aliphatic heterocycles. The molecule has 0 atom stereocenters. The highest BCUT2D eigenvalue weighted by Gasteiger charge is 2.29. The van der Waals surface area contributed by atoms with Crippen LogP contribution in [0.1, 0.15) is 31.4 Å². The summed E-state index contributed by atoms with van der Waals surface area (Å²) in [6.45, 7) is 5.17. The van der Waals surface area contributed by atoms with Gasteiger partial charge in [0, 0.05) is 22.2 Å². The Morgan fingerprint density at radius 3 is 2.65 bits per heavy atom. The van der Waals surface area contributed by atoms with Crippen LogP contribution in [0.2, 0.25) is 10.0 Å². The summed E-state index contributed by atoms with van der Waals surface area (Å²) in [4.78, 5) is 14.2. The Morgan fingerprint density at radius 1 is 1.19 bits per heavy atom. The zero-order valence-corrected chi connectivity index (χ0v) is 20.9. The lowest BCUT2D eigenvalue weighted by Gasteiger charge is -2.15. The molecule has 1 heterocycles. The highest BCUT2D eigenvalue weighted by molar-refractivity contribution is 9.10. The van der Waals surface area contributed by atoms with Crippen molar-refractivity contribution in [1.82, 2.24) is 10.2 Å². The van der Waals surface area contributed by atoms with Crippen molar-refractivity contribution in [3.63, 3.8) is 0 Å². The van der Waals surface area contributed by atoms with Gasteiger partial charge in [0.1, 0.15) is 12.3 Å². The molecule has 1 aliphatic rings. The van der Waals surface area contributed by atoms with Gasteiger partial charge in [-0.15, -0.1) is 0 Å². The normalized spacial score (nSPS) is 14.9. The number of hydrogen-bond donors (Lipinski definition) is 1. The highest BCUT2D eigenvalue weighted by atomic mass is 79.9. The van der Waals surface area contributed by atoms with Crippen molar-refractivity contribution in [1.29, 1.82) is 0 Å². The second-order valence-electron chi connectivity index (χ2n) is 6.73. The van der Waals surface area contributed by atoms with E-state index in [1.807, 2.05) is 32.0 Å². The van der Waals surface area contributed by atoms with Gasteiger partial charge in [0.15, 0.2) is 16.6 Å². The molecule has 9 heteroatoms. The molecule has 0 aromatic heterocycles. The van der Waals surface area contributed by atoms with E-state index in [2.05, 4.69) is 21.2 Å². The maximum absolute atomic E-state index is 12.6. The molecule has 5 nitrogen and oxygen atoms in total. The van der Waals surface area contributed by atoms with Crippen molar-refractivity contribution in [2.45, 2.75) is 26.9 Å². The van der Waals surface area contributed by atoms with Gasteiger partial charge in [0.05, 0.1) is 11.1 Å². The molecule has 0 saturated carbocycles. The van der Waals surface area contributed by atoms with Gasteiger partial charge in [-0.3, -0.25) is 9.69 Å². The quantitative estimate of drug-likeness (QED) is 0.317. The Kier molecular flexibility index (Phi) is 8.22. The van der Waals surface area contributed by atoms with Crippen molar-refractivity contribution in [3.05, 3.63) is 61.7 Å². The van der Waals surface area contributed by atoms with E-state index in [9.17, 15) is 4.79 Å². The third kappa shape index (κ3) is 5.71. The molecule has 2 aromatic rings. The van der Waals surface area contributed by atoms with E-state index in [0.717, 1.165) is 17.5 Å². The number of nitrogens with one attached hydrogen (secondary N) is 1. The van der Waals surface area contributed by atoms with E-state index in [0.29, 0.717) is 50.0 Å². The number of nitrogens with zero attached hydrogens (tertiary/aromatic N) is 1. The third-order valence-corrected chi connectivity index (χ3v) is 5.94. The average molecular weight is 544 g/mol. The predicted molar refractivity (Wildman–Crippen MR) is 132 cm³/mol. The molecule has 3 rings (SSSR count).